The zero-order chi connectivity index (χ0) is 11.1. The van der Waals surface area contributed by atoms with Gasteiger partial charge in [-0.25, -0.2) is 4.79 Å². The number of carbonyl (C=O) groups excluding carboxylic acids is 1. The standard InChI is InChI=1S/C11H19ClO3/c1-2-10(12)15-11(13)14-8-9-6-4-3-5-7-9/h9-10H,2-8H2,1H3. The predicted octanol–water partition coefficient (Wildman–Crippen LogP) is 3.69. The Hall–Kier alpha value is -0.440. The van der Waals surface area contributed by atoms with Gasteiger partial charge in [0.2, 0.25) is 0 Å². The zero-order valence-electron chi connectivity index (χ0n) is 9.21. The average Bonchev–Trinajstić information content (AvgIpc) is 2.27. The highest BCUT2D eigenvalue weighted by molar-refractivity contribution is 6.20. The summed E-state index contributed by atoms with van der Waals surface area (Å²) in [7, 11) is 0. The van der Waals surface area contributed by atoms with Crippen LogP contribution in [0.3, 0.4) is 0 Å². The number of alkyl halides is 1. The molecule has 15 heavy (non-hydrogen) atoms. The fourth-order valence-electron chi connectivity index (χ4n) is 1.76. The molecule has 0 spiro atoms. The average molecular weight is 235 g/mol. The molecule has 0 amide bonds. The van der Waals surface area contributed by atoms with Crippen LogP contribution in [-0.4, -0.2) is 18.3 Å². The molecule has 1 fully saturated rings. The maximum atomic E-state index is 11.1. The highest BCUT2D eigenvalue weighted by atomic mass is 35.5. The Balaban J connectivity index is 2.10. The molecule has 1 unspecified atom stereocenters. The number of hydrogen-bond donors (Lipinski definition) is 0. The minimum absolute atomic E-state index is 0.478. The van der Waals surface area contributed by atoms with Gasteiger partial charge in [0.05, 0.1) is 6.61 Å². The zero-order valence-corrected chi connectivity index (χ0v) is 9.96. The second-order valence-electron chi connectivity index (χ2n) is 4.00. The molecule has 0 heterocycles. The van der Waals surface area contributed by atoms with Gasteiger partial charge in [-0.05, 0) is 25.2 Å². The van der Waals surface area contributed by atoms with E-state index in [4.69, 9.17) is 21.1 Å². The monoisotopic (exact) mass is 234 g/mol. The van der Waals surface area contributed by atoms with Gasteiger partial charge in [-0.15, -0.1) is 0 Å². The van der Waals surface area contributed by atoms with Crippen LogP contribution in [0.25, 0.3) is 0 Å². The molecule has 0 radical (unpaired) electrons. The molecule has 3 nitrogen and oxygen atoms in total. The van der Waals surface area contributed by atoms with E-state index in [-0.39, 0.29) is 0 Å². The number of ether oxygens (including phenoxy) is 2. The van der Waals surface area contributed by atoms with Crippen LogP contribution in [0.1, 0.15) is 45.4 Å². The van der Waals surface area contributed by atoms with E-state index >= 15 is 0 Å². The molecule has 1 atom stereocenters. The Bertz CT molecular complexity index is 190. The molecule has 1 rings (SSSR count). The fourth-order valence-corrected chi connectivity index (χ4v) is 1.83. The second kappa shape index (κ2) is 6.94. The Morgan fingerprint density at radius 1 is 1.40 bits per heavy atom. The van der Waals surface area contributed by atoms with Crippen molar-refractivity contribution in [3.8, 4) is 0 Å². The fraction of sp³-hybridized carbons (Fsp3) is 0.909. The molecule has 0 aromatic heterocycles. The molecule has 1 aliphatic rings. The van der Waals surface area contributed by atoms with Crippen LogP contribution in [0.15, 0.2) is 0 Å². The Kier molecular flexibility index (Phi) is 5.84. The first-order chi connectivity index (χ1) is 7.22. The van der Waals surface area contributed by atoms with E-state index in [2.05, 4.69) is 0 Å². The maximum Gasteiger partial charge on any atom is 0.509 e. The highest BCUT2D eigenvalue weighted by Gasteiger charge is 2.17. The summed E-state index contributed by atoms with van der Waals surface area (Å²) in [4.78, 5) is 11.1. The van der Waals surface area contributed by atoms with Gasteiger partial charge in [0, 0.05) is 0 Å². The molecular formula is C11H19ClO3. The van der Waals surface area contributed by atoms with Gasteiger partial charge >= 0.3 is 6.16 Å². The summed E-state index contributed by atoms with van der Waals surface area (Å²) in [6.45, 7) is 2.33. The van der Waals surface area contributed by atoms with Crippen LogP contribution < -0.4 is 0 Å². The lowest BCUT2D eigenvalue weighted by Gasteiger charge is -2.21. The summed E-state index contributed by atoms with van der Waals surface area (Å²) in [5.74, 6) is 0.515. The largest absolute Gasteiger partial charge is 0.509 e. The van der Waals surface area contributed by atoms with Gasteiger partial charge < -0.3 is 9.47 Å². The van der Waals surface area contributed by atoms with Crippen LogP contribution in [0.4, 0.5) is 4.79 Å². The summed E-state index contributed by atoms with van der Waals surface area (Å²) in [5, 5.41) is 0. The van der Waals surface area contributed by atoms with E-state index in [1.807, 2.05) is 6.92 Å². The van der Waals surface area contributed by atoms with Crippen molar-refractivity contribution in [1.82, 2.24) is 0 Å². The van der Waals surface area contributed by atoms with Gasteiger partial charge in [-0.3, -0.25) is 0 Å². The van der Waals surface area contributed by atoms with E-state index in [1.165, 1.54) is 19.3 Å². The Morgan fingerprint density at radius 2 is 2.07 bits per heavy atom. The molecule has 0 aliphatic heterocycles. The van der Waals surface area contributed by atoms with Gasteiger partial charge in [0.15, 0.2) is 5.56 Å². The predicted molar refractivity (Wildman–Crippen MR) is 58.9 cm³/mol. The van der Waals surface area contributed by atoms with E-state index in [9.17, 15) is 4.79 Å². The summed E-state index contributed by atoms with van der Waals surface area (Å²) in [5.41, 5.74) is -0.566. The molecule has 0 saturated heterocycles. The van der Waals surface area contributed by atoms with Crippen molar-refractivity contribution in [2.75, 3.05) is 6.61 Å². The van der Waals surface area contributed by atoms with Crippen LogP contribution in [0, 0.1) is 5.92 Å². The van der Waals surface area contributed by atoms with Crippen molar-refractivity contribution < 1.29 is 14.3 Å². The second-order valence-corrected chi connectivity index (χ2v) is 4.49. The third kappa shape index (κ3) is 5.26. The van der Waals surface area contributed by atoms with Crippen molar-refractivity contribution in [1.29, 1.82) is 0 Å². The van der Waals surface area contributed by atoms with Gasteiger partial charge in [-0.1, -0.05) is 37.8 Å². The number of halogens is 1. The molecular weight excluding hydrogens is 216 g/mol. The van der Waals surface area contributed by atoms with E-state index in [0.717, 1.165) is 12.8 Å². The molecule has 1 saturated carbocycles. The number of rotatable bonds is 4. The van der Waals surface area contributed by atoms with Crippen molar-refractivity contribution in [2.24, 2.45) is 5.92 Å². The van der Waals surface area contributed by atoms with Crippen LogP contribution in [0.2, 0.25) is 0 Å². The molecule has 1 aliphatic carbocycles. The van der Waals surface area contributed by atoms with E-state index in [1.54, 1.807) is 0 Å². The minimum Gasteiger partial charge on any atom is -0.434 e. The van der Waals surface area contributed by atoms with Crippen LogP contribution >= 0.6 is 11.6 Å². The molecule has 0 N–H and O–H groups in total. The summed E-state index contributed by atoms with van der Waals surface area (Å²) < 4.78 is 9.80. The summed E-state index contributed by atoms with van der Waals surface area (Å²) in [6, 6.07) is 0. The van der Waals surface area contributed by atoms with E-state index in [0.29, 0.717) is 18.9 Å². The number of hydrogen-bond acceptors (Lipinski definition) is 3. The quantitative estimate of drug-likeness (QED) is 0.550. The first-order valence-electron chi connectivity index (χ1n) is 5.70. The first-order valence-corrected chi connectivity index (χ1v) is 6.13. The molecule has 4 heteroatoms. The lowest BCUT2D eigenvalue weighted by molar-refractivity contribution is 0.0309. The highest BCUT2D eigenvalue weighted by Crippen LogP contribution is 2.23. The lowest BCUT2D eigenvalue weighted by Crippen LogP contribution is -2.19. The normalized spacial score (nSPS) is 19.6. The van der Waals surface area contributed by atoms with Crippen molar-refractivity contribution in [3.63, 3.8) is 0 Å². The molecule has 88 valence electrons. The SMILES string of the molecule is CCC(Cl)OC(=O)OCC1CCCCC1. The third-order valence-electron chi connectivity index (χ3n) is 2.71. The van der Waals surface area contributed by atoms with Crippen molar-refractivity contribution in [3.05, 3.63) is 0 Å². The smallest absolute Gasteiger partial charge is 0.434 e. The van der Waals surface area contributed by atoms with Crippen LogP contribution in [0.5, 0.6) is 0 Å². The van der Waals surface area contributed by atoms with Crippen molar-refractivity contribution >= 4 is 17.8 Å². The Labute approximate surface area is 96.1 Å². The van der Waals surface area contributed by atoms with Gasteiger partial charge in [0.25, 0.3) is 0 Å². The Morgan fingerprint density at radius 3 is 2.67 bits per heavy atom. The van der Waals surface area contributed by atoms with Gasteiger partial charge in [-0.2, -0.15) is 0 Å². The minimum atomic E-state index is -0.637. The topological polar surface area (TPSA) is 35.5 Å². The van der Waals surface area contributed by atoms with Crippen molar-refractivity contribution in [2.45, 2.75) is 51.0 Å². The van der Waals surface area contributed by atoms with Crippen LogP contribution in [-0.2, 0) is 9.47 Å². The van der Waals surface area contributed by atoms with E-state index < -0.39 is 11.7 Å². The molecule has 0 aromatic carbocycles. The maximum absolute atomic E-state index is 11.1. The number of carbonyl (C=O) groups is 1. The van der Waals surface area contributed by atoms with Gasteiger partial charge in [0.1, 0.15) is 0 Å². The summed E-state index contributed by atoms with van der Waals surface area (Å²) >= 11 is 5.66. The lowest BCUT2D eigenvalue weighted by atomic mass is 9.90. The molecule has 0 bridgehead atoms. The summed E-state index contributed by atoms with van der Waals surface area (Å²) in [6.07, 6.45) is 6.08. The third-order valence-corrected chi connectivity index (χ3v) is 3.10. The molecule has 0 aromatic rings. The first kappa shape index (κ1) is 12.6.